The van der Waals surface area contributed by atoms with E-state index < -0.39 is 5.60 Å². The maximum atomic E-state index is 10.2. The molecular weight excluding hydrogens is 160 g/mol. The largest absolute Gasteiger partial charge is 0.377 e. The first-order valence-electron chi connectivity index (χ1n) is 5.10. The van der Waals surface area contributed by atoms with Crippen LogP contribution in [0.4, 0.5) is 0 Å². The van der Waals surface area contributed by atoms with Crippen LogP contribution in [0, 0.1) is 23.7 Å². The van der Waals surface area contributed by atoms with Crippen LogP contribution in [-0.2, 0) is 0 Å². The summed E-state index contributed by atoms with van der Waals surface area (Å²) in [4.78, 5) is 0. The van der Waals surface area contributed by atoms with Crippen molar-refractivity contribution in [3.63, 3.8) is 0 Å². The molecule has 2 atom stereocenters. The second-order valence-corrected chi connectivity index (χ2v) is 5.23. The average Bonchev–Trinajstić information content (AvgIpc) is 2.03. The predicted molar refractivity (Wildman–Crippen MR) is 55.2 cm³/mol. The molecule has 0 aromatic carbocycles. The minimum Gasteiger partial charge on any atom is -0.377 e. The SMILES string of the molecule is C#CC1(O)CCCCC1C(C)(C)C. The van der Waals surface area contributed by atoms with Crippen LogP contribution in [-0.4, -0.2) is 10.7 Å². The fraction of sp³-hybridized carbons (Fsp3) is 0.833. The number of rotatable bonds is 0. The molecule has 74 valence electrons. The van der Waals surface area contributed by atoms with Gasteiger partial charge in [0.15, 0.2) is 0 Å². The van der Waals surface area contributed by atoms with E-state index in [9.17, 15) is 5.11 Å². The molecule has 0 heterocycles. The first-order valence-corrected chi connectivity index (χ1v) is 5.10. The Bertz CT molecular complexity index is 218. The minimum atomic E-state index is -0.851. The van der Waals surface area contributed by atoms with Crippen molar-refractivity contribution >= 4 is 0 Å². The Morgan fingerprint density at radius 3 is 2.38 bits per heavy atom. The van der Waals surface area contributed by atoms with Crippen LogP contribution in [0.2, 0.25) is 0 Å². The first kappa shape index (κ1) is 10.6. The summed E-state index contributed by atoms with van der Waals surface area (Å²) in [6.45, 7) is 6.47. The highest BCUT2D eigenvalue weighted by atomic mass is 16.3. The zero-order valence-corrected chi connectivity index (χ0v) is 8.93. The van der Waals surface area contributed by atoms with Gasteiger partial charge in [0.2, 0.25) is 0 Å². The lowest BCUT2D eigenvalue weighted by Crippen LogP contribution is -2.45. The summed E-state index contributed by atoms with van der Waals surface area (Å²) >= 11 is 0. The topological polar surface area (TPSA) is 20.2 Å². The maximum Gasteiger partial charge on any atom is 0.128 e. The predicted octanol–water partition coefficient (Wildman–Crippen LogP) is 2.59. The van der Waals surface area contributed by atoms with Crippen molar-refractivity contribution in [2.75, 3.05) is 0 Å². The lowest BCUT2D eigenvalue weighted by atomic mass is 9.64. The lowest BCUT2D eigenvalue weighted by molar-refractivity contribution is -0.0445. The Hall–Kier alpha value is -0.480. The highest BCUT2D eigenvalue weighted by Gasteiger charge is 2.43. The van der Waals surface area contributed by atoms with Gasteiger partial charge in [0.25, 0.3) is 0 Å². The van der Waals surface area contributed by atoms with E-state index in [2.05, 4.69) is 26.7 Å². The van der Waals surface area contributed by atoms with E-state index in [4.69, 9.17) is 6.42 Å². The molecule has 0 aliphatic heterocycles. The molecule has 0 radical (unpaired) electrons. The van der Waals surface area contributed by atoms with Crippen molar-refractivity contribution in [2.24, 2.45) is 11.3 Å². The molecule has 2 unspecified atom stereocenters. The van der Waals surface area contributed by atoms with Gasteiger partial charge in [-0.25, -0.2) is 0 Å². The molecule has 1 N–H and O–H groups in total. The fourth-order valence-electron chi connectivity index (χ4n) is 2.48. The zero-order chi connectivity index (χ0) is 10.1. The minimum absolute atomic E-state index is 0.113. The van der Waals surface area contributed by atoms with Crippen LogP contribution >= 0.6 is 0 Å². The van der Waals surface area contributed by atoms with Crippen LogP contribution in [0.15, 0.2) is 0 Å². The third-order valence-corrected chi connectivity index (χ3v) is 3.17. The van der Waals surface area contributed by atoms with Gasteiger partial charge in [-0.2, -0.15) is 0 Å². The number of hydrogen-bond donors (Lipinski definition) is 1. The molecule has 1 nitrogen and oxygen atoms in total. The van der Waals surface area contributed by atoms with E-state index in [1.165, 1.54) is 6.42 Å². The Balaban J connectivity index is 2.87. The Labute approximate surface area is 81.5 Å². The number of terminal acetylenes is 1. The van der Waals surface area contributed by atoms with Gasteiger partial charge in [-0.05, 0) is 24.7 Å². The summed E-state index contributed by atoms with van der Waals surface area (Å²) in [5.74, 6) is 2.84. The van der Waals surface area contributed by atoms with E-state index in [0.29, 0.717) is 0 Å². The van der Waals surface area contributed by atoms with E-state index in [-0.39, 0.29) is 11.3 Å². The smallest absolute Gasteiger partial charge is 0.128 e. The van der Waals surface area contributed by atoms with Crippen molar-refractivity contribution in [1.29, 1.82) is 0 Å². The molecule has 1 aliphatic carbocycles. The van der Waals surface area contributed by atoms with E-state index in [1.807, 2.05) is 0 Å². The third kappa shape index (κ3) is 2.06. The van der Waals surface area contributed by atoms with Gasteiger partial charge >= 0.3 is 0 Å². The second-order valence-electron chi connectivity index (χ2n) is 5.23. The number of hydrogen-bond acceptors (Lipinski definition) is 1. The van der Waals surface area contributed by atoms with Crippen molar-refractivity contribution in [3.8, 4) is 12.3 Å². The van der Waals surface area contributed by atoms with Gasteiger partial charge in [0.05, 0.1) is 0 Å². The highest BCUT2D eigenvalue weighted by Crippen LogP contribution is 2.43. The summed E-state index contributed by atoms with van der Waals surface area (Å²) in [7, 11) is 0. The standard InChI is InChI=1S/C12H20O/c1-5-12(13)9-7-6-8-10(12)11(2,3)4/h1,10,13H,6-9H2,2-4H3. The number of aliphatic hydroxyl groups is 1. The molecule has 1 fully saturated rings. The molecule has 13 heavy (non-hydrogen) atoms. The fourth-order valence-corrected chi connectivity index (χ4v) is 2.48. The molecule has 0 spiro atoms. The third-order valence-electron chi connectivity index (χ3n) is 3.17. The van der Waals surface area contributed by atoms with Crippen molar-refractivity contribution in [3.05, 3.63) is 0 Å². The second kappa shape index (κ2) is 3.35. The molecule has 1 saturated carbocycles. The van der Waals surface area contributed by atoms with Crippen molar-refractivity contribution in [2.45, 2.75) is 52.1 Å². The molecule has 0 aromatic heterocycles. The molecular formula is C12H20O. The van der Waals surface area contributed by atoms with Gasteiger partial charge in [0, 0.05) is 5.92 Å². The Morgan fingerprint density at radius 2 is 2.00 bits per heavy atom. The van der Waals surface area contributed by atoms with Crippen LogP contribution in [0.5, 0.6) is 0 Å². The molecule has 1 rings (SSSR count). The molecule has 1 aliphatic rings. The van der Waals surface area contributed by atoms with Crippen LogP contribution in [0.3, 0.4) is 0 Å². The molecule has 0 amide bonds. The van der Waals surface area contributed by atoms with Gasteiger partial charge in [-0.15, -0.1) is 6.42 Å². The van der Waals surface area contributed by atoms with Crippen LogP contribution in [0.1, 0.15) is 46.5 Å². The summed E-state index contributed by atoms with van der Waals surface area (Å²) in [6, 6.07) is 0. The zero-order valence-electron chi connectivity index (χ0n) is 8.93. The normalized spacial score (nSPS) is 35.5. The molecule has 0 saturated heterocycles. The monoisotopic (exact) mass is 180 g/mol. The van der Waals surface area contributed by atoms with E-state index >= 15 is 0 Å². The van der Waals surface area contributed by atoms with Gasteiger partial charge in [-0.3, -0.25) is 0 Å². The van der Waals surface area contributed by atoms with Gasteiger partial charge in [0.1, 0.15) is 5.60 Å². The lowest BCUT2D eigenvalue weighted by Gasteiger charge is -2.43. The molecule has 0 bridgehead atoms. The summed E-state index contributed by atoms with van der Waals surface area (Å²) in [5, 5.41) is 10.2. The van der Waals surface area contributed by atoms with Gasteiger partial charge < -0.3 is 5.11 Å². The van der Waals surface area contributed by atoms with Crippen molar-refractivity contribution in [1.82, 2.24) is 0 Å². The summed E-state index contributed by atoms with van der Waals surface area (Å²) in [5.41, 5.74) is -0.738. The molecule has 0 aromatic rings. The quantitative estimate of drug-likeness (QED) is 0.568. The van der Waals surface area contributed by atoms with Crippen molar-refractivity contribution < 1.29 is 5.11 Å². The van der Waals surface area contributed by atoms with Gasteiger partial charge in [-0.1, -0.05) is 33.1 Å². The van der Waals surface area contributed by atoms with Crippen LogP contribution < -0.4 is 0 Å². The average molecular weight is 180 g/mol. The summed E-state index contributed by atoms with van der Waals surface area (Å²) in [6.07, 6.45) is 9.52. The van der Waals surface area contributed by atoms with Crippen LogP contribution in [0.25, 0.3) is 0 Å². The maximum absolute atomic E-state index is 10.2. The van der Waals surface area contributed by atoms with E-state index in [0.717, 1.165) is 19.3 Å². The highest BCUT2D eigenvalue weighted by molar-refractivity contribution is 5.13. The first-order chi connectivity index (χ1) is 5.90. The Kier molecular flexibility index (Phi) is 2.73. The summed E-state index contributed by atoms with van der Waals surface area (Å²) < 4.78 is 0. The molecule has 1 heteroatoms. The van der Waals surface area contributed by atoms with E-state index in [1.54, 1.807) is 0 Å². The Morgan fingerprint density at radius 1 is 1.38 bits per heavy atom.